The lowest BCUT2D eigenvalue weighted by molar-refractivity contribution is -0.291. The molecule has 1 aromatic rings. The summed E-state index contributed by atoms with van der Waals surface area (Å²) in [5.41, 5.74) is 0.641. The Morgan fingerprint density at radius 1 is 1.17 bits per heavy atom. The Balaban J connectivity index is 2.22. The highest BCUT2D eigenvalue weighted by Crippen LogP contribution is 2.24. The largest absolute Gasteiger partial charge is 0.463 e. The lowest BCUT2D eigenvalue weighted by Crippen LogP contribution is -2.59. The quantitative estimate of drug-likeness (QED) is 0.306. The lowest BCUT2D eigenvalue weighted by Gasteiger charge is -2.39. The maximum atomic E-state index is 11.9. The van der Waals surface area contributed by atoms with E-state index in [1.165, 1.54) is 6.08 Å². The summed E-state index contributed by atoms with van der Waals surface area (Å²) < 4.78 is 15.2. The summed E-state index contributed by atoms with van der Waals surface area (Å²) in [6.07, 6.45) is -5.95. The van der Waals surface area contributed by atoms with E-state index in [0.29, 0.717) is 5.56 Å². The van der Waals surface area contributed by atoms with Crippen LogP contribution in [0, 0.1) is 0 Å². The topological polar surface area (TPSA) is 126 Å². The number of rotatable bonds is 5. The van der Waals surface area contributed by atoms with E-state index in [2.05, 4.69) is 4.74 Å². The highest BCUT2D eigenvalue weighted by molar-refractivity contribution is 5.91. The van der Waals surface area contributed by atoms with Crippen molar-refractivity contribution in [1.29, 1.82) is 0 Å². The van der Waals surface area contributed by atoms with Crippen LogP contribution >= 0.6 is 0 Å². The van der Waals surface area contributed by atoms with Gasteiger partial charge in [-0.2, -0.15) is 0 Å². The van der Waals surface area contributed by atoms with Crippen molar-refractivity contribution in [2.24, 2.45) is 0 Å². The van der Waals surface area contributed by atoms with Gasteiger partial charge in [-0.1, -0.05) is 30.3 Å². The second kappa shape index (κ2) is 8.22. The molecule has 0 saturated carbocycles. The van der Waals surface area contributed by atoms with Crippen LogP contribution in [0.3, 0.4) is 0 Å². The molecular formula is C16H20O8. The number of benzene rings is 1. The zero-order chi connectivity index (χ0) is 17.7. The molecule has 0 spiro atoms. The molecule has 0 aliphatic carbocycles. The molecule has 8 heteroatoms. The van der Waals surface area contributed by atoms with E-state index in [4.69, 9.17) is 14.6 Å². The van der Waals surface area contributed by atoms with Crippen molar-refractivity contribution >= 4 is 12.0 Å². The van der Waals surface area contributed by atoms with Crippen LogP contribution in [0.1, 0.15) is 5.56 Å². The van der Waals surface area contributed by atoms with Crippen LogP contribution in [-0.2, 0) is 19.0 Å². The highest BCUT2D eigenvalue weighted by Gasteiger charge is 2.45. The van der Waals surface area contributed by atoms with Crippen LogP contribution in [0.15, 0.2) is 36.1 Å². The molecule has 1 saturated heterocycles. The van der Waals surface area contributed by atoms with Gasteiger partial charge in [-0.05, 0) is 11.6 Å². The van der Waals surface area contributed by atoms with Crippen molar-refractivity contribution in [2.45, 2.75) is 30.7 Å². The van der Waals surface area contributed by atoms with E-state index in [-0.39, 0.29) is 5.76 Å². The summed E-state index contributed by atoms with van der Waals surface area (Å²) in [5, 5.41) is 38.6. The van der Waals surface area contributed by atoms with Crippen molar-refractivity contribution in [2.75, 3.05) is 13.7 Å². The van der Waals surface area contributed by atoms with Crippen molar-refractivity contribution < 1.29 is 39.4 Å². The fourth-order valence-corrected chi connectivity index (χ4v) is 2.23. The molecular weight excluding hydrogens is 320 g/mol. The summed E-state index contributed by atoms with van der Waals surface area (Å²) >= 11 is 0. The SMILES string of the molecule is COC(=O)/C(=C/c1ccccc1)O[C@@H]1O[C@H](CO)[C@@H](O)[C@H](O)[C@H]1O. The second-order valence-corrected chi connectivity index (χ2v) is 5.23. The molecule has 0 radical (unpaired) electrons. The third kappa shape index (κ3) is 4.11. The zero-order valence-electron chi connectivity index (χ0n) is 13.0. The number of carbonyl (C=O) groups excluding carboxylic acids is 1. The van der Waals surface area contributed by atoms with Gasteiger partial charge in [-0.15, -0.1) is 0 Å². The molecule has 132 valence electrons. The average molecular weight is 340 g/mol. The minimum Gasteiger partial charge on any atom is -0.463 e. The first-order valence-corrected chi connectivity index (χ1v) is 7.30. The van der Waals surface area contributed by atoms with Crippen LogP contribution in [0.25, 0.3) is 6.08 Å². The van der Waals surface area contributed by atoms with E-state index >= 15 is 0 Å². The molecule has 0 aromatic heterocycles. The predicted molar refractivity (Wildman–Crippen MR) is 81.3 cm³/mol. The number of hydrogen-bond acceptors (Lipinski definition) is 8. The first kappa shape index (κ1) is 18.4. The summed E-state index contributed by atoms with van der Waals surface area (Å²) in [6, 6.07) is 8.76. The number of methoxy groups -OCH3 is 1. The summed E-state index contributed by atoms with van der Waals surface area (Å²) in [5.74, 6) is -1.07. The molecule has 1 heterocycles. The Morgan fingerprint density at radius 3 is 2.42 bits per heavy atom. The minimum absolute atomic E-state index is 0.256. The van der Waals surface area contributed by atoms with Crippen LogP contribution in [0.2, 0.25) is 0 Å². The van der Waals surface area contributed by atoms with E-state index in [1.54, 1.807) is 30.3 Å². The molecule has 1 aliphatic rings. The van der Waals surface area contributed by atoms with E-state index in [1.807, 2.05) is 0 Å². The first-order valence-electron chi connectivity index (χ1n) is 7.30. The number of hydrogen-bond donors (Lipinski definition) is 4. The number of aliphatic hydroxyl groups excluding tert-OH is 4. The Bertz CT molecular complexity index is 571. The summed E-state index contributed by atoms with van der Waals surface area (Å²) in [4.78, 5) is 11.9. The van der Waals surface area contributed by atoms with Gasteiger partial charge in [0, 0.05) is 0 Å². The molecule has 0 bridgehead atoms. The van der Waals surface area contributed by atoms with Crippen molar-refractivity contribution in [3.63, 3.8) is 0 Å². The van der Waals surface area contributed by atoms with Gasteiger partial charge >= 0.3 is 5.97 Å². The molecule has 1 aromatic carbocycles. The fourth-order valence-electron chi connectivity index (χ4n) is 2.23. The van der Waals surface area contributed by atoms with Crippen LogP contribution in [0.5, 0.6) is 0 Å². The average Bonchev–Trinajstić information content (AvgIpc) is 2.61. The van der Waals surface area contributed by atoms with Gasteiger partial charge in [0.25, 0.3) is 0 Å². The monoisotopic (exact) mass is 340 g/mol. The van der Waals surface area contributed by atoms with Crippen LogP contribution in [0.4, 0.5) is 0 Å². The Morgan fingerprint density at radius 2 is 1.83 bits per heavy atom. The molecule has 2 rings (SSSR count). The van der Waals surface area contributed by atoms with Gasteiger partial charge in [0.15, 0.2) is 0 Å². The number of ether oxygens (including phenoxy) is 3. The standard InChI is InChI=1S/C16H20O8/c1-22-15(21)10(7-9-5-3-2-4-6-9)23-16-14(20)13(19)12(18)11(8-17)24-16/h2-7,11-14,16-20H,8H2,1H3/b10-7-/t11-,12-,13+,14-,16-/m1/s1. The number of carbonyl (C=O) groups is 1. The summed E-state index contributed by atoms with van der Waals surface area (Å²) in [7, 11) is 1.16. The van der Waals surface area contributed by atoms with Crippen LogP contribution in [-0.4, -0.2) is 70.8 Å². The Kier molecular flexibility index (Phi) is 6.29. The molecule has 4 N–H and O–H groups in total. The molecule has 1 aliphatic heterocycles. The van der Waals surface area contributed by atoms with Gasteiger partial charge in [0.05, 0.1) is 13.7 Å². The first-order chi connectivity index (χ1) is 11.5. The van der Waals surface area contributed by atoms with Gasteiger partial charge in [0.2, 0.25) is 12.0 Å². The van der Waals surface area contributed by atoms with Crippen LogP contribution < -0.4 is 0 Å². The molecule has 5 atom stereocenters. The third-order valence-electron chi connectivity index (χ3n) is 3.58. The number of aliphatic hydroxyl groups is 4. The molecule has 0 unspecified atom stereocenters. The van der Waals surface area contributed by atoms with Crippen molar-refractivity contribution in [3.8, 4) is 0 Å². The Labute approximate surface area is 138 Å². The minimum atomic E-state index is -1.62. The van der Waals surface area contributed by atoms with Gasteiger partial charge in [0.1, 0.15) is 24.4 Å². The molecule has 8 nitrogen and oxygen atoms in total. The Hall–Kier alpha value is -1.97. The highest BCUT2D eigenvalue weighted by atomic mass is 16.7. The fraction of sp³-hybridized carbons (Fsp3) is 0.438. The maximum Gasteiger partial charge on any atom is 0.373 e. The van der Waals surface area contributed by atoms with E-state index in [0.717, 1.165) is 7.11 Å². The van der Waals surface area contributed by atoms with Gasteiger partial charge in [-0.3, -0.25) is 0 Å². The molecule has 0 amide bonds. The lowest BCUT2D eigenvalue weighted by atomic mass is 9.99. The smallest absolute Gasteiger partial charge is 0.373 e. The predicted octanol–water partition coefficient (Wildman–Crippen LogP) is -0.983. The molecule has 24 heavy (non-hydrogen) atoms. The molecule has 1 fully saturated rings. The van der Waals surface area contributed by atoms with E-state index < -0.39 is 43.3 Å². The number of esters is 1. The van der Waals surface area contributed by atoms with E-state index in [9.17, 15) is 20.1 Å². The van der Waals surface area contributed by atoms with Crippen molar-refractivity contribution in [1.82, 2.24) is 0 Å². The zero-order valence-corrected chi connectivity index (χ0v) is 13.0. The van der Waals surface area contributed by atoms with Gasteiger partial charge < -0.3 is 34.6 Å². The van der Waals surface area contributed by atoms with Crippen molar-refractivity contribution in [3.05, 3.63) is 41.7 Å². The van der Waals surface area contributed by atoms with Gasteiger partial charge in [-0.25, -0.2) is 4.79 Å². The maximum absolute atomic E-state index is 11.9. The normalized spacial score (nSPS) is 30.7. The summed E-state index contributed by atoms with van der Waals surface area (Å²) in [6.45, 7) is -0.596. The second-order valence-electron chi connectivity index (χ2n) is 5.23. The third-order valence-corrected chi connectivity index (χ3v) is 3.58.